The highest BCUT2D eigenvalue weighted by molar-refractivity contribution is 7.86. The van der Waals surface area contributed by atoms with Crippen LogP contribution in [0.3, 0.4) is 0 Å². The van der Waals surface area contributed by atoms with Crippen molar-refractivity contribution in [3.05, 3.63) is 42.3 Å². The lowest BCUT2D eigenvalue weighted by atomic mass is 10.1. The summed E-state index contributed by atoms with van der Waals surface area (Å²) in [5.74, 6) is -0.680. The van der Waals surface area contributed by atoms with Crippen LogP contribution in [0, 0.1) is 11.7 Å². The lowest BCUT2D eigenvalue weighted by Crippen LogP contribution is -2.38. The van der Waals surface area contributed by atoms with E-state index in [1.54, 1.807) is 45.2 Å². The third-order valence-corrected chi connectivity index (χ3v) is 6.31. The van der Waals surface area contributed by atoms with E-state index in [4.69, 9.17) is 28.2 Å². The first kappa shape index (κ1) is 32.3. The van der Waals surface area contributed by atoms with E-state index in [1.165, 1.54) is 21.8 Å². The van der Waals surface area contributed by atoms with Gasteiger partial charge >= 0.3 is 17.6 Å². The summed E-state index contributed by atoms with van der Waals surface area (Å²) in [6.45, 7) is 3.60. The second kappa shape index (κ2) is 12.7. The Morgan fingerprint density at radius 3 is 2.43 bits per heavy atom. The van der Waals surface area contributed by atoms with Gasteiger partial charge in [0.2, 0.25) is 0 Å². The molecule has 0 radical (unpaired) electrons. The monoisotopic (exact) mass is 618 g/mol. The number of rotatable bonds is 7. The maximum atomic E-state index is 14.9. The van der Waals surface area contributed by atoms with Crippen molar-refractivity contribution < 1.29 is 49.6 Å². The SMILES string of the molecule is CC(C)[C@@H](N)C(=O)OCC1CN(c2ccc(-c3ccc(-c4nnnn4C)nc3)c(F)c2)C(=O)O1.O=S(=O)([O-])C(F)(F)F. The molecule has 0 spiro atoms. The van der Waals surface area contributed by atoms with Crippen LogP contribution in [0.1, 0.15) is 13.8 Å². The predicted molar refractivity (Wildman–Crippen MR) is 135 cm³/mol. The minimum Gasteiger partial charge on any atom is -0.741 e. The summed E-state index contributed by atoms with van der Waals surface area (Å²) in [6.07, 6.45) is 0.202. The molecule has 1 aliphatic heterocycles. The highest BCUT2D eigenvalue weighted by Gasteiger charge is 2.37. The third-order valence-electron chi connectivity index (χ3n) is 5.75. The van der Waals surface area contributed by atoms with Crippen molar-refractivity contribution in [2.75, 3.05) is 18.1 Å². The molecule has 14 nitrogen and oxygen atoms in total. The largest absolute Gasteiger partial charge is 0.741 e. The van der Waals surface area contributed by atoms with Crippen LogP contribution in [0.2, 0.25) is 0 Å². The van der Waals surface area contributed by atoms with Crippen molar-refractivity contribution in [2.45, 2.75) is 31.5 Å². The number of benzene rings is 1. The van der Waals surface area contributed by atoms with E-state index in [2.05, 4.69) is 20.5 Å². The molecule has 1 fully saturated rings. The van der Waals surface area contributed by atoms with Gasteiger partial charge in [-0.1, -0.05) is 19.9 Å². The van der Waals surface area contributed by atoms with Crippen LogP contribution in [-0.2, 0) is 31.4 Å². The van der Waals surface area contributed by atoms with Crippen molar-refractivity contribution >= 4 is 27.9 Å². The number of pyridine rings is 1. The zero-order chi connectivity index (χ0) is 31.4. The Morgan fingerprint density at radius 2 is 1.93 bits per heavy atom. The second-order valence-electron chi connectivity index (χ2n) is 9.14. The van der Waals surface area contributed by atoms with Crippen LogP contribution in [0.15, 0.2) is 36.5 Å². The number of carbonyl (C=O) groups excluding carboxylic acids is 2. The molecule has 1 saturated heterocycles. The summed E-state index contributed by atoms with van der Waals surface area (Å²) < 4.78 is 85.7. The minimum absolute atomic E-state index is 0.0770. The number of carbonyl (C=O) groups is 2. The number of aryl methyl sites for hydroxylation is 1. The minimum atomic E-state index is -6.09. The van der Waals surface area contributed by atoms with Gasteiger partial charge in [-0.05, 0) is 40.6 Å². The molecule has 4 rings (SSSR count). The summed E-state index contributed by atoms with van der Waals surface area (Å²) in [4.78, 5) is 29.8. The number of cyclic esters (lactones) is 1. The zero-order valence-electron chi connectivity index (χ0n) is 22.1. The van der Waals surface area contributed by atoms with E-state index in [0.29, 0.717) is 28.3 Å². The Balaban J connectivity index is 0.000000531. The number of alkyl halides is 3. The molecule has 1 unspecified atom stereocenters. The first-order valence-corrected chi connectivity index (χ1v) is 13.3. The lowest BCUT2D eigenvalue weighted by molar-refractivity contribution is -0.148. The zero-order valence-corrected chi connectivity index (χ0v) is 23.0. The van der Waals surface area contributed by atoms with Gasteiger partial charge in [0.05, 0.1) is 12.2 Å². The number of hydrogen-bond donors (Lipinski definition) is 1. The number of ether oxygens (including phenoxy) is 2. The quantitative estimate of drug-likeness (QED) is 0.175. The van der Waals surface area contributed by atoms with Gasteiger partial charge in [-0.3, -0.25) is 14.7 Å². The van der Waals surface area contributed by atoms with E-state index in [-0.39, 0.29) is 19.1 Å². The van der Waals surface area contributed by atoms with Gasteiger partial charge in [0.1, 0.15) is 24.2 Å². The summed E-state index contributed by atoms with van der Waals surface area (Å²) in [5.41, 5.74) is 1.86. The van der Waals surface area contributed by atoms with E-state index in [9.17, 15) is 27.2 Å². The van der Waals surface area contributed by atoms with Gasteiger partial charge in [0.25, 0.3) is 0 Å². The maximum absolute atomic E-state index is 14.9. The van der Waals surface area contributed by atoms with E-state index < -0.39 is 45.7 Å². The first-order chi connectivity index (χ1) is 19.5. The normalized spacial score (nSPS) is 16.1. The Morgan fingerprint density at radius 1 is 1.26 bits per heavy atom. The smallest absolute Gasteiger partial charge is 0.485 e. The Kier molecular flexibility index (Phi) is 9.79. The van der Waals surface area contributed by atoms with Gasteiger partial charge in [-0.15, -0.1) is 5.10 Å². The number of aromatic nitrogens is 5. The van der Waals surface area contributed by atoms with Crippen molar-refractivity contribution in [3.63, 3.8) is 0 Å². The second-order valence-corrected chi connectivity index (χ2v) is 10.5. The number of amides is 1. The molecule has 2 N–H and O–H groups in total. The number of anilines is 1. The van der Waals surface area contributed by atoms with Gasteiger partial charge in [0.15, 0.2) is 22.0 Å². The van der Waals surface area contributed by atoms with E-state index in [1.807, 2.05) is 0 Å². The summed E-state index contributed by atoms with van der Waals surface area (Å²) in [7, 11) is -4.39. The topological polar surface area (TPSA) is 196 Å². The molecule has 0 bridgehead atoms. The standard InChI is InChI=1S/C22H24FN7O4.CHF3O3S/c1-12(2)19(24)21(31)33-11-15-10-30(22(32)34-15)14-5-6-16(17(23)8-14)13-4-7-18(25-9-13)20-26-27-28-29(20)3;2-1(3,4)8(5,6)7/h4-9,12,15,19H,10-11,24H2,1-3H3;(H,5,6,7)/p-1/t15?,19-;/m1./s1. The van der Waals surface area contributed by atoms with E-state index >= 15 is 0 Å². The number of nitrogens with two attached hydrogens (primary N) is 1. The maximum Gasteiger partial charge on any atom is 0.485 e. The molecule has 0 saturated carbocycles. The molecule has 0 aliphatic carbocycles. The van der Waals surface area contributed by atoms with Crippen LogP contribution >= 0.6 is 0 Å². The van der Waals surface area contributed by atoms with Gasteiger partial charge in [0, 0.05) is 24.4 Å². The molecule has 3 aromatic rings. The average molecular weight is 619 g/mol. The highest BCUT2D eigenvalue weighted by Crippen LogP contribution is 2.29. The van der Waals surface area contributed by atoms with Gasteiger partial charge in [-0.2, -0.15) is 13.2 Å². The Labute approximate surface area is 236 Å². The fourth-order valence-corrected chi connectivity index (χ4v) is 3.40. The number of esters is 1. The van der Waals surface area contributed by atoms with Crippen molar-refractivity contribution in [3.8, 4) is 22.6 Å². The number of nitrogens with zero attached hydrogens (tertiary/aromatic N) is 6. The fourth-order valence-electron chi connectivity index (χ4n) is 3.40. The van der Waals surface area contributed by atoms with Crippen LogP contribution in [0.5, 0.6) is 0 Å². The molecular weight excluding hydrogens is 594 g/mol. The van der Waals surface area contributed by atoms with Crippen molar-refractivity contribution in [1.82, 2.24) is 25.2 Å². The number of hydrogen-bond acceptors (Lipinski definition) is 12. The molecule has 1 amide bonds. The van der Waals surface area contributed by atoms with Crippen molar-refractivity contribution in [2.24, 2.45) is 18.7 Å². The van der Waals surface area contributed by atoms with Crippen LogP contribution in [0.4, 0.5) is 28.0 Å². The van der Waals surface area contributed by atoms with Gasteiger partial charge < -0.3 is 19.8 Å². The molecule has 2 aromatic heterocycles. The average Bonchev–Trinajstić information content (AvgIpc) is 3.51. The van der Waals surface area contributed by atoms with Crippen LogP contribution in [-0.4, -0.2) is 81.0 Å². The first-order valence-electron chi connectivity index (χ1n) is 11.9. The highest BCUT2D eigenvalue weighted by atomic mass is 32.2. The Hall–Kier alpha value is -4.23. The summed E-state index contributed by atoms with van der Waals surface area (Å²) >= 11 is 0. The van der Waals surface area contributed by atoms with Gasteiger partial charge in [-0.25, -0.2) is 22.3 Å². The molecule has 228 valence electrons. The summed E-state index contributed by atoms with van der Waals surface area (Å²) in [5, 5.41) is 11.2. The lowest BCUT2D eigenvalue weighted by Gasteiger charge is -2.16. The molecule has 1 aromatic carbocycles. The third kappa shape index (κ3) is 7.74. The molecule has 19 heteroatoms. The van der Waals surface area contributed by atoms with Crippen molar-refractivity contribution in [1.29, 1.82) is 0 Å². The number of tetrazole rings is 1. The molecular formula is C23H24F4N7O7S-. The Bertz CT molecular complexity index is 1530. The number of halogens is 4. The predicted octanol–water partition coefficient (Wildman–Crippen LogP) is 1.98. The fraction of sp³-hybridized carbons (Fsp3) is 0.391. The molecule has 42 heavy (non-hydrogen) atoms. The summed E-state index contributed by atoms with van der Waals surface area (Å²) in [6, 6.07) is 7.08. The van der Waals surface area contributed by atoms with Crippen LogP contribution in [0.25, 0.3) is 22.6 Å². The van der Waals surface area contributed by atoms with Crippen LogP contribution < -0.4 is 10.6 Å². The molecule has 2 atom stereocenters. The molecule has 1 aliphatic rings. The van der Waals surface area contributed by atoms with E-state index in [0.717, 1.165) is 0 Å². The molecule has 3 heterocycles.